The molecule has 8 nitrogen and oxygen atoms in total. The van der Waals surface area contributed by atoms with Crippen molar-refractivity contribution in [2.45, 2.75) is 44.2 Å². The van der Waals surface area contributed by atoms with E-state index in [0.717, 1.165) is 68.7 Å². The molecule has 0 spiro atoms. The van der Waals surface area contributed by atoms with Crippen molar-refractivity contribution in [3.8, 4) is 23.1 Å². The SMILES string of the molecule is COCCN[C@H]1CC[C@H](Nc2ncc(C#N)c(-c3ccc4c(c3)CCNO4)n2)CC1. The molecule has 0 amide bonds. The number of nitrogens with one attached hydrogen (secondary N) is 3. The zero-order chi connectivity index (χ0) is 20.8. The second-order valence-electron chi connectivity index (χ2n) is 7.78. The van der Waals surface area contributed by atoms with Crippen LogP contribution in [0.4, 0.5) is 5.95 Å². The maximum absolute atomic E-state index is 9.55. The van der Waals surface area contributed by atoms with Crippen molar-refractivity contribution < 1.29 is 9.57 Å². The van der Waals surface area contributed by atoms with E-state index in [2.05, 4.69) is 33.2 Å². The Bertz CT molecular complexity index is 905. The van der Waals surface area contributed by atoms with E-state index in [1.807, 2.05) is 12.1 Å². The standard InChI is InChI=1S/C22H28N6O2/c1-29-11-10-24-18-3-5-19(6-4-18)27-22-25-14-17(13-23)21(28-22)16-2-7-20-15(12-16)8-9-26-30-20/h2,7,12,14,18-19,24,26H,3-6,8-11H2,1H3,(H,25,27,28)/t18-,19-. The molecular weight excluding hydrogens is 380 g/mol. The predicted octanol–water partition coefficient (Wildman–Crippen LogP) is 2.41. The molecule has 8 heteroatoms. The Labute approximate surface area is 177 Å². The van der Waals surface area contributed by atoms with Crippen molar-refractivity contribution in [1.82, 2.24) is 20.8 Å². The summed E-state index contributed by atoms with van der Waals surface area (Å²) < 4.78 is 5.11. The number of methoxy groups -OCH3 is 1. The van der Waals surface area contributed by atoms with Gasteiger partial charge in [-0.1, -0.05) is 0 Å². The topological polar surface area (TPSA) is 104 Å². The Kier molecular flexibility index (Phi) is 6.74. The Morgan fingerprint density at radius 2 is 2.10 bits per heavy atom. The molecule has 0 saturated heterocycles. The average Bonchev–Trinajstić information content (AvgIpc) is 2.80. The first kappa shape index (κ1) is 20.5. The smallest absolute Gasteiger partial charge is 0.223 e. The van der Waals surface area contributed by atoms with Crippen LogP contribution < -0.4 is 21.0 Å². The molecule has 1 fully saturated rings. The Hall–Kier alpha value is -2.73. The molecule has 0 unspecified atom stereocenters. The van der Waals surface area contributed by atoms with Gasteiger partial charge in [-0.25, -0.2) is 9.97 Å². The zero-order valence-electron chi connectivity index (χ0n) is 17.3. The number of nitrogens with zero attached hydrogens (tertiary/aromatic N) is 3. The number of rotatable bonds is 7. The van der Waals surface area contributed by atoms with Crippen LogP contribution in [0.2, 0.25) is 0 Å². The van der Waals surface area contributed by atoms with Gasteiger partial charge in [0.25, 0.3) is 0 Å². The summed E-state index contributed by atoms with van der Waals surface area (Å²) >= 11 is 0. The van der Waals surface area contributed by atoms with Gasteiger partial charge in [0.15, 0.2) is 0 Å². The van der Waals surface area contributed by atoms with Crippen LogP contribution >= 0.6 is 0 Å². The molecule has 1 aliphatic carbocycles. The first-order valence-electron chi connectivity index (χ1n) is 10.6. The van der Waals surface area contributed by atoms with Crippen LogP contribution in [0, 0.1) is 11.3 Å². The third-order valence-corrected chi connectivity index (χ3v) is 5.72. The van der Waals surface area contributed by atoms with E-state index in [9.17, 15) is 5.26 Å². The van der Waals surface area contributed by atoms with Gasteiger partial charge in [-0.15, -0.1) is 0 Å². The van der Waals surface area contributed by atoms with Crippen LogP contribution in [0.5, 0.6) is 5.75 Å². The second kappa shape index (κ2) is 9.85. The number of anilines is 1. The quantitative estimate of drug-likeness (QED) is 0.600. The number of nitriles is 1. The number of hydrogen-bond acceptors (Lipinski definition) is 8. The van der Waals surface area contributed by atoms with Gasteiger partial charge >= 0.3 is 0 Å². The first-order chi connectivity index (χ1) is 14.8. The van der Waals surface area contributed by atoms with Gasteiger partial charge in [0.2, 0.25) is 5.95 Å². The van der Waals surface area contributed by atoms with Gasteiger partial charge < -0.3 is 20.2 Å². The summed E-state index contributed by atoms with van der Waals surface area (Å²) in [6, 6.07) is 9.02. The molecular formula is C22H28N6O2. The minimum Gasteiger partial charge on any atom is -0.408 e. The van der Waals surface area contributed by atoms with Crippen LogP contribution in [-0.4, -0.2) is 48.9 Å². The van der Waals surface area contributed by atoms with Crippen LogP contribution in [0.15, 0.2) is 24.4 Å². The van der Waals surface area contributed by atoms with Crippen LogP contribution in [0.1, 0.15) is 36.8 Å². The normalized spacial score (nSPS) is 20.7. The molecule has 4 rings (SSSR count). The molecule has 0 bridgehead atoms. The second-order valence-corrected chi connectivity index (χ2v) is 7.78. The molecule has 2 aliphatic rings. The summed E-state index contributed by atoms with van der Waals surface area (Å²) in [6.45, 7) is 2.40. The van der Waals surface area contributed by atoms with Crippen molar-refractivity contribution in [1.29, 1.82) is 5.26 Å². The van der Waals surface area contributed by atoms with Crippen LogP contribution in [0.25, 0.3) is 11.3 Å². The Balaban J connectivity index is 1.44. The molecule has 0 atom stereocenters. The van der Waals surface area contributed by atoms with Gasteiger partial charge in [0, 0.05) is 37.8 Å². The molecule has 3 N–H and O–H groups in total. The average molecular weight is 409 g/mol. The highest BCUT2D eigenvalue weighted by molar-refractivity contribution is 5.69. The third-order valence-electron chi connectivity index (χ3n) is 5.72. The van der Waals surface area contributed by atoms with Gasteiger partial charge in [0.1, 0.15) is 11.8 Å². The van der Waals surface area contributed by atoms with E-state index in [1.54, 1.807) is 13.3 Å². The lowest BCUT2D eigenvalue weighted by molar-refractivity contribution is 0.180. The van der Waals surface area contributed by atoms with E-state index in [0.29, 0.717) is 29.3 Å². The highest BCUT2D eigenvalue weighted by Crippen LogP contribution is 2.30. The van der Waals surface area contributed by atoms with Crippen molar-refractivity contribution in [2.24, 2.45) is 0 Å². The summed E-state index contributed by atoms with van der Waals surface area (Å²) in [5.41, 5.74) is 6.05. The highest BCUT2D eigenvalue weighted by Gasteiger charge is 2.22. The highest BCUT2D eigenvalue weighted by atomic mass is 16.6. The van der Waals surface area contributed by atoms with Gasteiger partial charge in [-0.2, -0.15) is 10.7 Å². The van der Waals surface area contributed by atoms with Gasteiger partial charge in [0.05, 0.1) is 24.1 Å². The monoisotopic (exact) mass is 408 g/mol. The van der Waals surface area contributed by atoms with Crippen molar-refractivity contribution in [3.63, 3.8) is 0 Å². The number of ether oxygens (including phenoxy) is 1. The van der Waals surface area contributed by atoms with E-state index in [4.69, 9.17) is 14.6 Å². The summed E-state index contributed by atoms with van der Waals surface area (Å²) in [6.07, 6.45) is 6.84. The molecule has 2 heterocycles. The number of hydroxylamine groups is 1. The number of benzene rings is 1. The lowest BCUT2D eigenvalue weighted by Crippen LogP contribution is -2.38. The predicted molar refractivity (Wildman–Crippen MR) is 114 cm³/mol. The summed E-state index contributed by atoms with van der Waals surface area (Å²) in [5, 5.41) is 16.6. The maximum Gasteiger partial charge on any atom is 0.223 e. The number of fused-ring (bicyclic) bond motifs is 1. The Morgan fingerprint density at radius 1 is 1.27 bits per heavy atom. The van der Waals surface area contributed by atoms with Gasteiger partial charge in [-0.05, 0) is 55.9 Å². The molecule has 1 aromatic carbocycles. The fraction of sp³-hybridized carbons (Fsp3) is 0.500. The molecule has 158 valence electrons. The van der Waals surface area contributed by atoms with Gasteiger partial charge in [-0.3, -0.25) is 0 Å². The lowest BCUT2D eigenvalue weighted by atomic mass is 9.91. The minimum absolute atomic E-state index is 0.342. The van der Waals surface area contributed by atoms with Crippen molar-refractivity contribution in [2.75, 3.05) is 32.1 Å². The molecule has 1 saturated carbocycles. The first-order valence-corrected chi connectivity index (χ1v) is 10.6. The summed E-state index contributed by atoms with van der Waals surface area (Å²) in [4.78, 5) is 14.6. The summed E-state index contributed by atoms with van der Waals surface area (Å²) in [5.74, 6) is 1.40. The largest absolute Gasteiger partial charge is 0.408 e. The van der Waals surface area contributed by atoms with E-state index in [1.165, 1.54) is 0 Å². The zero-order valence-corrected chi connectivity index (χ0v) is 17.3. The molecule has 2 aromatic rings. The van der Waals surface area contributed by atoms with Crippen molar-refractivity contribution in [3.05, 3.63) is 35.5 Å². The fourth-order valence-corrected chi connectivity index (χ4v) is 4.08. The van der Waals surface area contributed by atoms with Crippen LogP contribution in [0.3, 0.4) is 0 Å². The maximum atomic E-state index is 9.55. The Morgan fingerprint density at radius 3 is 2.90 bits per heavy atom. The fourth-order valence-electron chi connectivity index (χ4n) is 4.08. The molecule has 1 aliphatic heterocycles. The minimum atomic E-state index is 0.342. The van der Waals surface area contributed by atoms with E-state index >= 15 is 0 Å². The molecule has 0 radical (unpaired) electrons. The molecule has 30 heavy (non-hydrogen) atoms. The number of hydrogen-bond donors (Lipinski definition) is 3. The van der Waals surface area contributed by atoms with E-state index in [-0.39, 0.29) is 0 Å². The van der Waals surface area contributed by atoms with Crippen LogP contribution in [-0.2, 0) is 11.2 Å². The summed E-state index contributed by atoms with van der Waals surface area (Å²) in [7, 11) is 1.73. The van der Waals surface area contributed by atoms with E-state index < -0.39 is 0 Å². The van der Waals surface area contributed by atoms with Crippen molar-refractivity contribution >= 4 is 5.95 Å². The third kappa shape index (κ3) is 4.87. The molecule has 1 aromatic heterocycles. The lowest BCUT2D eigenvalue weighted by Gasteiger charge is -2.29. The number of aromatic nitrogens is 2.